The molecule has 0 aliphatic heterocycles. The Morgan fingerprint density at radius 3 is 1.67 bits per heavy atom. The van der Waals surface area contributed by atoms with E-state index >= 15 is 0 Å². The number of carbonyl (C=O) groups is 8. The van der Waals surface area contributed by atoms with E-state index in [9.17, 15) is 58.8 Å². The lowest BCUT2D eigenvalue weighted by molar-refractivity contribution is -0.142. The molecule has 0 aromatic carbocycles. The lowest BCUT2D eigenvalue weighted by atomic mass is 10.0. The largest absolute Gasteiger partial charge is 0.480 e. The molecule has 0 bridgehead atoms. The van der Waals surface area contributed by atoms with Crippen molar-refractivity contribution in [3.8, 4) is 0 Å². The van der Waals surface area contributed by atoms with Crippen LogP contribution in [0.1, 0.15) is 33.4 Å². The predicted octanol–water partition coefficient (Wildman–Crippen LogP) is -6.64. The van der Waals surface area contributed by atoms with Crippen LogP contribution in [0.5, 0.6) is 0 Å². The summed E-state index contributed by atoms with van der Waals surface area (Å²) in [5.41, 5.74) is 5.68. The molecule has 292 valence electrons. The van der Waals surface area contributed by atoms with Crippen molar-refractivity contribution >= 4 is 59.9 Å². The Balaban J connectivity index is 2.86. The number of amides is 7. The van der Waals surface area contributed by atoms with Crippen molar-refractivity contribution in [1.82, 2.24) is 47.2 Å². The number of H-pyrrole nitrogens is 1. The van der Waals surface area contributed by atoms with E-state index in [2.05, 4.69) is 59.8 Å². The second kappa shape index (κ2) is 22.2. The van der Waals surface area contributed by atoms with E-state index in [0.717, 1.165) is 0 Å². The maximum absolute atomic E-state index is 12.9. The van der Waals surface area contributed by atoms with Crippen LogP contribution >= 0.6 is 12.6 Å². The van der Waals surface area contributed by atoms with Gasteiger partial charge in [-0.3, -0.25) is 33.6 Å². The molecule has 0 aliphatic carbocycles. The molecular weight excluding hydrogens is 712 g/mol. The molecule has 52 heavy (non-hydrogen) atoms. The van der Waals surface area contributed by atoms with Crippen LogP contribution in [0.2, 0.25) is 0 Å². The van der Waals surface area contributed by atoms with E-state index in [1.54, 1.807) is 13.8 Å². The number of carboxylic acids is 1. The number of nitrogens with one attached hydrogen (secondary N) is 8. The zero-order valence-electron chi connectivity index (χ0n) is 28.9. The molecule has 7 amide bonds. The minimum atomic E-state index is -1.68. The number of rotatable bonds is 22. The molecule has 0 saturated heterocycles. The molecule has 1 aromatic heterocycles. The highest BCUT2D eigenvalue weighted by Crippen LogP contribution is 2.05. The number of aliphatic hydroxyl groups is 3. The molecule has 23 heteroatoms. The summed E-state index contributed by atoms with van der Waals surface area (Å²) in [7, 11) is 0. The molecule has 1 aromatic rings. The molecule has 0 aliphatic rings. The first-order chi connectivity index (χ1) is 24.4. The fourth-order valence-corrected chi connectivity index (χ4v) is 4.55. The first-order valence-electron chi connectivity index (χ1n) is 15.9. The minimum Gasteiger partial charge on any atom is -0.480 e. The van der Waals surface area contributed by atoms with Gasteiger partial charge in [-0.15, -0.1) is 0 Å². The van der Waals surface area contributed by atoms with E-state index in [4.69, 9.17) is 5.73 Å². The van der Waals surface area contributed by atoms with Crippen LogP contribution in [0.15, 0.2) is 12.5 Å². The van der Waals surface area contributed by atoms with Gasteiger partial charge in [0.1, 0.15) is 42.3 Å². The van der Waals surface area contributed by atoms with Crippen molar-refractivity contribution in [1.29, 1.82) is 0 Å². The number of hydrogen-bond donors (Lipinski definition) is 14. The maximum atomic E-state index is 12.9. The van der Waals surface area contributed by atoms with Crippen molar-refractivity contribution in [2.75, 3.05) is 25.5 Å². The van der Waals surface area contributed by atoms with E-state index in [1.807, 2.05) is 0 Å². The van der Waals surface area contributed by atoms with Crippen LogP contribution < -0.4 is 43.0 Å². The van der Waals surface area contributed by atoms with Gasteiger partial charge in [0.05, 0.1) is 32.2 Å². The van der Waals surface area contributed by atoms with E-state index in [-0.39, 0.29) is 12.2 Å². The number of hydrogen-bond acceptors (Lipinski definition) is 14. The Morgan fingerprint density at radius 2 is 1.23 bits per heavy atom. The number of thiol groups is 1. The lowest BCUT2D eigenvalue weighted by Crippen LogP contribution is -2.62. The van der Waals surface area contributed by atoms with Crippen molar-refractivity contribution in [3.05, 3.63) is 18.2 Å². The number of nitrogens with zero attached hydrogens (tertiary/aromatic N) is 1. The molecule has 0 fully saturated rings. The van der Waals surface area contributed by atoms with E-state index in [1.165, 1.54) is 26.4 Å². The van der Waals surface area contributed by atoms with Crippen molar-refractivity contribution in [3.63, 3.8) is 0 Å². The molecule has 8 atom stereocenters. The highest BCUT2D eigenvalue weighted by molar-refractivity contribution is 7.80. The quantitative estimate of drug-likeness (QED) is 0.0489. The molecule has 0 spiro atoms. The van der Waals surface area contributed by atoms with Gasteiger partial charge in [0.25, 0.3) is 0 Å². The van der Waals surface area contributed by atoms with Gasteiger partial charge < -0.3 is 68.4 Å². The number of aliphatic carboxylic acids is 1. The normalized spacial score (nSPS) is 15.7. The number of aromatic amines is 1. The average molecular weight is 761 g/mol. The standard InChI is InChI=1S/C29H48N10O12S/c1-12(2)21(38-20(43)6-30)27(48)39-22(14(4)42)28(49)33-13(3)23(44)35-17(8-40)25(46)37-19(10-52)26(47)36-18(9-41)24(45)34-16(29(50)51)5-15-7-31-11-32-15/h7,11-14,16-19,21-22,40-42,52H,5-6,8-10,30H2,1-4H3,(H,31,32)(H,33,49)(H,34,45)(H,35,44)(H,36,47)(H,37,46)(H,38,43)(H,39,48)(H,50,51)/t13-,14+,16-,17-,18-,19-,21-,22-/m0/s1. The molecule has 1 heterocycles. The summed E-state index contributed by atoms with van der Waals surface area (Å²) in [4.78, 5) is 107. The second-order valence-corrected chi connectivity index (χ2v) is 12.2. The molecule has 22 nitrogen and oxygen atoms in total. The predicted molar refractivity (Wildman–Crippen MR) is 183 cm³/mol. The van der Waals surface area contributed by atoms with Crippen LogP contribution in [-0.2, 0) is 44.8 Å². The van der Waals surface area contributed by atoms with Crippen LogP contribution in [0.4, 0.5) is 0 Å². The Morgan fingerprint density at radius 1 is 0.731 bits per heavy atom. The summed E-state index contributed by atoms with van der Waals surface area (Å²) in [6.45, 7) is 3.31. The monoisotopic (exact) mass is 760 g/mol. The summed E-state index contributed by atoms with van der Waals surface area (Å²) in [5.74, 6) is -8.83. The highest BCUT2D eigenvalue weighted by Gasteiger charge is 2.34. The van der Waals surface area contributed by atoms with Crippen LogP contribution in [0, 0.1) is 5.92 Å². The summed E-state index contributed by atoms with van der Waals surface area (Å²) >= 11 is 4.01. The van der Waals surface area contributed by atoms with E-state index < -0.39 is 121 Å². The number of carboxylic acid groups (broad SMARTS) is 1. The first kappa shape index (κ1) is 45.2. The Labute approximate surface area is 303 Å². The van der Waals surface area contributed by atoms with Crippen molar-refractivity contribution < 1.29 is 58.8 Å². The van der Waals surface area contributed by atoms with Gasteiger partial charge in [0.2, 0.25) is 41.4 Å². The molecule has 0 saturated carbocycles. The topological polar surface area (TPSA) is 356 Å². The average Bonchev–Trinajstić information content (AvgIpc) is 3.61. The van der Waals surface area contributed by atoms with Gasteiger partial charge in [-0.2, -0.15) is 12.6 Å². The Kier molecular flexibility index (Phi) is 19.3. The number of imidazole rings is 1. The first-order valence-corrected chi connectivity index (χ1v) is 16.6. The van der Waals surface area contributed by atoms with Crippen molar-refractivity contribution in [2.45, 2.75) is 82.5 Å². The third kappa shape index (κ3) is 14.4. The summed E-state index contributed by atoms with van der Waals surface area (Å²) in [6.07, 6.45) is 1.00. The van der Waals surface area contributed by atoms with Crippen LogP contribution in [0.25, 0.3) is 0 Å². The fraction of sp³-hybridized carbons (Fsp3) is 0.621. The minimum absolute atomic E-state index is 0.189. The summed E-state index contributed by atoms with van der Waals surface area (Å²) in [6, 6.07) is -10.4. The summed E-state index contributed by atoms with van der Waals surface area (Å²) in [5, 5.41) is 54.9. The molecule has 0 radical (unpaired) electrons. The van der Waals surface area contributed by atoms with Gasteiger partial charge in [-0.1, -0.05) is 13.8 Å². The number of aromatic nitrogens is 2. The summed E-state index contributed by atoms with van der Waals surface area (Å²) < 4.78 is 0. The Bertz CT molecular complexity index is 1400. The highest BCUT2D eigenvalue weighted by atomic mass is 32.1. The maximum Gasteiger partial charge on any atom is 0.326 e. The molecular formula is C29H48N10O12S. The van der Waals surface area contributed by atoms with Gasteiger partial charge >= 0.3 is 5.97 Å². The van der Waals surface area contributed by atoms with Gasteiger partial charge in [-0.05, 0) is 19.8 Å². The number of aliphatic hydroxyl groups excluding tert-OH is 3. The van der Waals surface area contributed by atoms with Crippen LogP contribution in [-0.4, -0.2) is 152 Å². The van der Waals surface area contributed by atoms with E-state index in [0.29, 0.717) is 5.69 Å². The second-order valence-electron chi connectivity index (χ2n) is 11.9. The fourth-order valence-electron chi connectivity index (χ4n) is 4.30. The van der Waals surface area contributed by atoms with Crippen LogP contribution in [0.3, 0.4) is 0 Å². The van der Waals surface area contributed by atoms with Crippen molar-refractivity contribution in [2.24, 2.45) is 11.7 Å². The SMILES string of the molecule is CC(C)[C@H](NC(=O)CN)C(=O)N[C@H](C(=O)N[C@@H](C)C(=O)N[C@@H](CO)C(=O)N[C@@H](CS)C(=O)N[C@@H](CO)C(=O)N[C@@H](Cc1cnc[nH]1)C(=O)O)[C@@H](C)O. The zero-order chi connectivity index (χ0) is 39.7. The third-order valence-corrected chi connectivity index (χ3v) is 7.67. The number of carbonyl (C=O) groups excluding carboxylic acids is 7. The van der Waals surface area contributed by atoms with Gasteiger partial charge in [-0.25, -0.2) is 9.78 Å². The molecule has 14 N–H and O–H groups in total. The lowest BCUT2D eigenvalue weighted by Gasteiger charge is -2.27. The smallest absolute Gasteiger partial charge is 0.326 e. The number of nitrogens with two attached hydrogens (primary N) is 1. The zero-order valence-corrected chi connectivity index (χ0v) is 29.8. The third-order valence-electron chi connectivity index (χ3n) is 7.31. The molecule has 0 unspecified atom stereocenters. The Hall–Kier alpha value is -4.84. The molecule has 1 rings (SSSR count). The van der Waals surface area contributed by atoms with Gasteiger partial charge in [0.15, 0.2) is 0 Å². The van der Waals surface area contributed by atoms with Gasteiger partial charge in [0, 0.05) is 24.1 Å².